The number of benzene rings is 2. The maximum Gasteiger partial charge on any atom is 0.167 e. The van der Waals surface area contributed by atoms with Crippen molar-refractivity contribution < 1.29 is 8.78 Å². The first-order valence-corrected chi connectivity index (χ1v) is 9.55. The van der Waals surface area contributed by atoms with E-state index < -0.39 is 11.6 Å². The molecule has 3 aromatic rings. The summed E-state index contributed by atoms with van der Waals surface area (Å²) in [6.07, 6.45) is 2.78. The predicted molar refractivity (Wildman–Crippen MR) is 114 cm³/mol. The van der Waals surface area contributed by atoms with Crippen molar-refractivity contribution in [3.63, 3.8) is 0 Å². The molecule has 1 heterocycles. The van der Waals surface area contributed by atoms with Crippen molar-refractivity contribution >= 4 is 16.7 Å². The van der Waals surface area contributed by atoms with Crippen molar-refractivity contribution in [3.8, 4) is 29.5 Å². The second-order valence-corrected chi connectivity index (χ2v) is 7.14. The van der Waals surface area contributed by atoms with Crippen molar-refractivity contribution in [1.29, 1.82) is 15.8 Å². The average Bonchev–Trinajstić information content (AvgIpc) is 3.31. The zero-order chi connectivity index (χ0) is 22.4. The fourth-order valence-electron chi connectivity index (χ4n) is 4.43. The van der Waals surface area contributed by atoms with Crippen LogP contribution in [0, 0.1) is 45.6 Å². The highest BCUT2D eigenvalue weighted by molar-refractivity contribution is 6.20. The molecule has 2 aliphatic rings. The average molecular weight is 416 g/mol. The summed E-state index contributed by atoms with van der Waals surface area (Å²) in [7, 11) is 0. The fraction of sp³-hybridized carbons (Fsp3) is 0. The second kappa shape index (κ2) is 7.13. The Morgan fingerprint density at radius 3 is 2.25 bits per heavy atom. The molecular formula is C26H10F2N4. The summed E-state index contributed by atoms with van der Waals surface area (Å²) >= 11 is 0. The van der Waals surface area contributed by atoms with Gasteiger partial charge in [0, 0.05) is 51.3 Å². The van der Waals surface area contributed by atoms with Gasteiger partial charge in [-0.1, -0.05) is 36.4 Å². The molecule has 6 heteroatoms. The molecule has 0 N–H and O–H groups in total. The third-order valence-electron chi connectivity index (χ3n) is 5.61. The quantitative estimate of drug-likeness (QED) is 0.351. The van der Waals surface area contributed by atoms with Crippen LogP contribution in [0.25, 0.3) is 28.0 Å². The summed E-state index contributed by atoms with van der Waals surface area (Å²) in [5, 5.41) is 28.9. The molecule has 32 heavy (non-hydrogen) atoms. The molecule has 1 aromatic heterocycles. The van der Waals surface area contributed by atoms with E-state index in [1.165, 1.54) is 6.07 Å². The first-order chi connectivity index (χ1) is 15.6. The molecule has 0 atom stereocenters. The first kappa shape index (κ1) is 19.1. The van der Waals surface area contributed by atoms with E-state index in [1.54, 1.807) is 12.3 Å². The topological polar surface area (TPSA) is 84.3 Å². The van der Waals surface area contributed by atoms with Gasteiger partial charge in [0.2, 0.25) is 0 Å². The lowest BCUT2D eigenvalue weighted by Crippen LogP contribution is -1.94. The van der Waals surface area contributed by atoms with Gasteiger partial charge in [0.25, 0.3) is 0 Å². The molecule has 2 aromatic carbocycles. The lowest BCUT2D eigenvalue weighted by molar-refractivity contribution is 0.506. The van der Waals surface area contributed by atoms with Gasteiger partial charge in [-0.2, -0.15) is 15.8 Å². The Balaban J connectivity index is 2.04. The van der Waals surface area contributed by atoms with Crippen molar-refractivity contribution in [2.45, 2.75) is 0 Å². The van der Waals surface area contributed by atoms with Crippen LogP contribution in [0.2, 0.25) is 0 Å². The van der Waals surface area contributed by atoms with E-state index in [2.05, 4.69) is 4.98 Å². The van der Waals surface area contributed by atoms with Gasteiger partial charge in [-0.25, -0.2) is 8.78 Å². The highest BCUT2D eigenvalue weighted by atomic mass is 19.2. The fourth-order valence-corrected chi connectivity index (χ4v) is 4.43. The molecule has 0 aliphatic heterocycles. The first-order valence-electron chi connectivity index (χ1n) is 9.55. The number of rotatable bonds is 0. The Bertz CT molecular complexity index is 1510. The Labute approximate surface area is 181 Å². The number of nitriles is 3. The molecule has 0 saturated heterocycles. The number of pyridine rings is 1. The molecule has 0 bridgehead atoms. The van der Waals surface area contributed by atoms with Gasteiger partial charge in [-0.05, 0) is 23.3 Å². The molecule has 0 spiro atoms. The van der Waals surface area contributed by atoms with Crippen molar-refractivity contribution in [1.82, 2.24) is 4.98 Å². The van der Waals surface area contributed by atoms with E-state index in [0.29, 0.717) is 22.4 Å². The van der Waals surface area contributed by atoms with Gasteiger partial charge in [0.05, 0.1) is 11.8 Å². The van der Waals surface area contributed by atoms with Gasteiger partial charge < -0.3 is 0 Å². The van der Waals surface area contributed by atoms with Crippen LogP contribution >= 0.6 is 0 Å². The van der Waals surface area contributed by atoms with Crippen LogP contribution in [0.3, 0.4) is 0 Å². The number of nitrogens with zero attached hydrogens (tertiary/aromatic N) is 4. The van der Waals surface area contributed by atoms with E-state index in [0.717, 1.165) is 23.3 Å². The maximum absolute atomic E-state index is 15.0. The highest BCUT2D eigenvalue weighted by Crippen LogP contribution is 2.55. The molecule has 148 valence electrons. The molecule has 0 amide bonds. The van der Waals surface area contributed by atoms with E-state index in [-0.39, 0.29) is 27.8 Å². The van der Waals surface area contributed by atoms with Crippen LogP contribution in [0.5, 0.6) is 0 Å². The van der Waals surface area contributed by atoms with E-state index in [4.69, 9.17) is 0 Å². The van der Waals surface area contributed by atoms with Gasteiger partial charge >= 0.3 is 0 Å². The summed E-state index contributed by atoms with van der Waals surface area (Å²) in [4.78, 5) is 4.49. The highest BCUT2D eigenvalue weighted by Gasteiger charge is 2.38. The Morgan fingerprint density at radius 1 is 0.812 bits per heavy atom. The third-order valence-corrected chi connectivity index (χ3v) is 5.61. The van der Waals surface area contributed by atoms with Crippen LogP contribution in [0.4, 0.5) is 8.78 Å². The van der Waals surface area contributed by atoms with Gasteiger partial charge in [0.1, 0.15) is 17.7 Å². The van der Waals surface area contributed by atoms with Crippen molar-refractivity contribution in [2.75, 3.05) is 0 Å². The minimum absolute atomic E-state index is 0.124. The van der Waals surface area contributed by atoms with E-state index >= 15 is 4.39 Å². The number of hydrogen-bond donors (Lipinski definition) is 0. The van der Waals surface area contributed by atoms with E-state index in [1.807, 2.05) is 48.5 Å². The Morgan fingerprint density at radius 2 is 1.53 bits per heavy atom. The summed E-state index contributed by atoms with van der Waals surface area (Å²) in [6.45, 7) is 0. The molecule has 5 rings (SSSR count). The molecule has 0 unspecified atom stereocenters. The lowest BCUT2D eigenvalue weighted by Gasteiger charge is -2.12. The van der Waals surface area contributed by atoms with Gasteiger partial charge in [-0.3, -0.25) is 4.98 Å². The van der Waals surface area contributed by atoms with E-state index in [9.17, 15) is 20.2 Å². The number of aromatic nitrogens is 1. The number of allylic oxidation sites excluding steroid dienone is 5. The maximum atomic E-state index is 15.0. The third kappa shape index (κ3) is 2.46. The number of fused-ring (bicyclic) bond motifs is 4. The van der Waals surface area contributed by atoms with Crippen LogP contribution in [-0.2, 0) is 0 Å². The van der Waals surface area contributed by atoms with Crippen LogP contribution < -0.4 is 0 Å². The standard InChI is InChI=1S/C26H10F2N4/c27-20-8-7-17-21(14(12-30)13-31)24(18(9-10-29)23(17)25(20)28)22-15-4-1-2-5-16(15)26-19(22)6-3-11-32-26/h1-9,11H/b18-9?,24-22+. The number of hydrogen-bond acceptors (Lipinski definition) is 4. The van der Waals surface area contributed by atoms with Crippen LogP contribution in [-0.4, -0.2) is 4.98 Å². The molecule has 4 nitrogen and oxygen atoms in total. The van der Waals surface area contributed by atoms with Crippen LogP contribution in [0.15, 0.2) is 72.0 Å². The summed E-state index contributed by atoms with van der Waals surface area (Å²) in [5.74, 6) is -2.22. The zero-order valence-corrected chi connectivity index (χ0v) is 16.3. The van der Waals surface area contributed by atoms with Crippen molar-refractivity contribution in [3.05, 3.63) is 106 Å². The normalized spacial score (nSPS) is 16.6. The van der Waals surface area contributed by atoms with Gasteiger partial charge in [-0.15, -0.1) is 0 Å². The molecule has 0 radical (unpaired) electrons. The molecule has 0 saturated carbocycles. The smallest absolute Gasteiger partial charge is 0.167 e. The summed E-state index contributed by atoms with van der Waals surface area (Å²) < 4.78 is 29.2. The van der Waals surface area contributed by atoms with Crippen molar-refractivity contribution in [2.24, 2.45) is 0 Å². The molecular weight excluding hydrogens is 406 g/mol. The second-order valence-electron chi connectivity index (χ2n) is 7.14. The van der Waals surface area contributed by atoms with Crippen LogP contribution in [0.1, 0.15) is 22.3 Å². The molecule has 0 fully saturated rings. The minimum Gasteiger partial charge on any atom is -0.256 e. The Hall–Kier alpha value is -4.86. The largest absolute Gasteiger partial charge is 0.256 e. The lowest BCUT2D eigenvalue weighted by atomic mass is 9.89. The summed E-state index contributed by atoms with van der Waals surface area (Å²) in [6, 6.07) is 19.0. The predicted octanol–water partition coefficient (Wildman–Crippen LogP) is 5.56. The molecule has 2 aliphatic carbocycles. The SMILES string of the molecule is N#CC=C1/C(=C2/c3ccccc3-c3ncccc32)C(=C(C#N)C#N)c2ccc(F)c(F)c21. The summed E-state index contributed by atoms with van der Waals surface area (Å²) in [5.41, 5.74) is 4.06. The zero-order valence-electron chi connectivity index (χ0n) is 16.3. The minimum atomic E-state index is -1.13. The number of halogens is 2. The Kier molecular flexibility index (Phi) is 4.26. The monoisotopic (exact) mass is 416 g/mol. The van der Waals surface area contributed by atoms with Gasteiger partial charge in [0.15, 0.2) is 11.6 Å².